The third-order valence-corrected chi connectivity index (χ3v) is 5.23. The average molecular weight is 356 g/mol. The van der Waals surface area contributed by atoms with Crippen LogP contribution in [-0.2, 0) is 11.0 Å². The van der Waals surface area contributed by atoms with Crippen molar-refractivity contribution in [3.8, 4) is 0 Å². The molecule has 0 aliphatic carbocycles. The smallest absolute Gasteiger partial charge is 0.391 e. The Morgan fingerprint density at radius 1 is 1.24 bits per heavy atom. The molecule has 1 amide bonds. The Hall–Kier alpha value is -1.60. The number of piperidine rings is 1. The third-order valence-electron chi connectivity index (χ3n) is 5.23. The highest BCUT2D eigenvalue weighted by molar-refractivity contribution is 5.80. The number of alkyl halides is 3. The highest BCUT2D eigenvalue weighted by Gasteiger charge is 2.39. The Morgan fingerprint density at radius 3 is 2.56 bits per heavy atom. The van der Waals surface area contributed by atoms with Gasteiger partial charge in [-0.3, -0.25) is 4.79 Å². The van der Waals surface area contributed by atoms with Crippen LogP contribution in [0.2, 0.25) is 0 Å². The van der Waals surface area contributed by atoms with Crippen LogP contribution in [0.15, 0.2) is 24.3 Å². The monoisotopic (exact) mass is 356 g/mol. The molecule has 2 atom stereocenters. The first kappa shape index (κ1) is 18.2. The van der Waals surface area contributed by atoms with Crippen LogP contribution in [0.4, 0.5) is 13.2 Å². The summed E-state index contributed by atoms with van der Waals surface area (Å²) in [4.78, 5) is 16.6. The molecule has 0 saturated carbocycles. The van der Waals surface area contributed by atoms with E-state index in [1.807, 2.05) is 7.05 Å². The lowest BCUT2D eigenvalue weighted by molar-refractivity contribution is -0.138. The zero-order chi connectivity index (χ0) is 18.2. The molecule has 0 spiro atoms. The van der Waals surface area contributed by atoms with Crippen molar-refractivity contribution in [2.24, 2.45) is 5.92 Å². The van der Waals surface area contributed by atoms with E-state index in [1.54, 1.807) is 11.0 Å². The maximum atomic E-state index is 13.0. The Balaban J connectivity index is 1.81. The van der Waals surface area contributed by atoms with Gasteiger partial charge < -0.3 is 14.9 Å². The molecule has 4 nitrogen and oxygen atoms in total. The van der Waals surface area contributed by atoms with Gasteiger partial charge in [0.05, 0.1) is 17.7 Å². The zero-order valence-electron chi connectivity index (χ0n) is 14.2. The normalized spacial score (nSPS) is 26.2. The summed E-state index contributed by atoms with van der Waals surface area (Å²) in [7, 11) is 2.01. The predicted molar refractivity (Wildman–Crippen MR) is 86.7 cm³/mol. The van der Waals surface area contributed by atoms with Crippen molar-refractivity contribution in [1.82, 2.24) is 9.80 Å². The maximum absolute atomic E-state index is 13.0. The van der Waals surface area contributed by atoms with E-state index < -0.39 is 23.9 Å². The number of carbonyl (C=O) groups excluding carboxylic acids is 1. The molecular formula is C18H23F3N2O2. The summed E-state index contributed by atoms with van der Waals surface area (Å²) < 4.78 is 38.9. The highest BCUT2D eigenvalue weighted by atomic mass is 19.4. The van der Waals surface area contributed by atoms with E-state index in [9.17, 15) is 23.1 Å². The quantitative estimate of drug-likeness (QED) is 0.886. The van der Waals surface area contributed by atoms with Crippen LogP contribution < -0.4 is 0 Å². The summed E-state index contributed by atoms with van der Waals surface area (Å²) in [5.74, 6) is -0.165. The number of aliphatic hydroxyl groups is 1. The average Bonchev–Trinajstić information content (AvgIpc) is 2.96. The minimum Gasteiger partial charge on any atom is -0.391 e. The summed E-state index contributed by atoms with van der Waals surface area (Å²) in [6, 6.07) is 4.59. The molecule has 1 N–H and O–H groups in total. The van der Waals surface area contributed by atoms with Gasteiger partial charge >= 0.3 is 6.18 Å². The molecule has 2 aliphatic rings. The second-order valence-corrected chi connectivity index (χ2v) is 7.10. The Kier molecular flexibility index (Phi) is 5.06. The fraction of sp³-hybridized carbons (Fsp3) is 0.611. The standard InChI is InChI=1S/C18H23F3N2O2/c1-22-7-5-12(6-8-22)17(25)23-11-15(24)10-16(23)13-3-2-4-14(9-13)18(19,20)21/h2-4,9,12,15-16,24H,5-8,10-11H2,1H3. The van der Waals surface area contributed by atoms with Crippen molar-refractivity contribution in [3.63, 3.8) is 0 Å². The Morgan fingerprint density at radius 2 is 1.92 bits per heavy atom. The Bertz CT molecular complexity index is 627. The zero-order valence-corrected chi connectivity index (χ0v) is 14.2. The van der Waals surface area contributed by atoms with Gasteiger partial charge in [-0.05, 0) is 57.1 Å². The summed E-state index contributed by atoms with van der Waals surface area (Å²) in [5, 5.41) is 10.0. The molecule has 0 bridgehead atoms. The van der Waals surface area contributed by atoms with Gasteiger partial charge in [-0.2, -0.15) is 13.2 Å². The number of rotatable bonds is 2. The lowest BCUT2D eigenvalue weighted by Gasteiger charge is -2.33. The number of β-amino-alcohol motifs (C(OH)–C–C–N with tert-alkyl or cyclic N) is 1. The second kappa shape index (κ2) is 6.96. The van der Waals surface area contributed by atoms with Gasteiger partial charge in [-0.1, -0.05) is 12.1 Å². The second-order valence-electron chi connectivity index (χ2n) is 7.10. The molecule has 3 rings (SSSR count). The van der Waals surface area contributed by atoms with Crippen LogP contribution in [0.1, 0.15) is 36.4 Å². The maximum Gasteiger partial charge on any atom is 0.416 e. The van der Waals surface area contributed by atoms with Gasteiger partial charge in [0.1, 0.15) is 0 Å². The lowest BCUT2D eigenvalue weighted by Crippen LogP contribution is -2.41. The molecule has 0 radical (unpaired) electrons. The largest absolute Gasteiger partial charge is 0.416 e. The predicted octanol–water partition coefficient (Wildman–Crippen LogP) is 2.68. The van der Waals surface area contributed by atoms with E-state index in [4.69, 9.17) is 0 Å². The van der Waals surface area contributed by atoms with Crippen molar-refractivity contribution >= 4 is 5.91 Å². The first-order chi connectivity index (χ1) is 11.8. The summed E-state index contributed by atoms with van der Waals surface area (Å²) >= 11 is 0. The number of aliphatic hydroxyl groups excluding tert-OH is 1. The summed E-state index contributed by atoms with van der Waals surface area (Å²) in [6.45, 7) is 1.86. The molecule has 2 saturated heterocycles. The van der Waals surface area contributed by atoms with Crippen molar-refractivity contribution in [1.29, 1.82) is 0 Å². The molecule has 2 fully saturated rings. The van der Waals surface area contributed by atoms with Gasteiger partial charge in [0.15, 0.2) is 0 Å². The van der Waals surface area contributed by atoms with Crippen LogP contribution in [0, 0.1) is 5.92 Å². The van der Waals surface area contributed by atoms with Gasteiger partial charge in [0, 0.05) is 12.5 Å². The molecule has 2 heterocycles. The first-order valence-corrected chi connectivity index (χ1v) is 8.60. The number of amides is 1. The number of halogens is 3. The minimum atomic E-state index is -4.42. The minimum absolute atomic E-state index is 0.0490. The van der Waals surface area contributed by atoms with Crippen LogP contribution >= 0.6 is 0 Å². The molecular weight excluding hydrogens is 333 g/mol. The fourth-order valence-corrected chi connectivity index (χ4v) is 3.79. The van der Waals surface area contributed by atoms with Crippen LogP contribution in [0.3, 0.4) is 0 Å². The lowest BCUT2D eigenvalue weighted by atomic mass is 9.94. The van der Waals surface area contributed by atoms with E-state index in [-0.39, 0.29) is 24.8 Å². The highest BCUT2D eigenvalue weighted by Crippen LogP contribution is 2.37. The topological polar surface area (TPSA) is 43.8 Å². The number of benzene rings is 1. The summed E-state index contributed by atoms with van der Waals surface area (Å²) in [5.41, 5.74) is -0.286. The van der Waals surface area contributed by atoms with E-state index >= 15 is 0 Å². The van der Waals surface area contributed by atoms with Crippen LogP contribution in [0.25, 0.3) is 0 Å². The summed E-state index contributed by atoms with van der Waals surface area (Å²) in [6.07, 6.45) is -3.35. The van der Waals surface area contributed by atoms with E-state index in [1.165, 1.54) is 6.07 Å². The molecule has 1 aromatic carbocycles. The molecule has 1 aromatic rings. The van der Waals surface area contributed by atoms with Crippen molar-refractivity contribution < 1.29 is 23.1 Å². The number of likely N-dealkylation sites (tertiary alicyclic amines) is 2. The van der Waals surface area contributed by atoms with Crippen molar-refractivity contribution in [3.05, 3.63) is 35.4 Å². The number of hydrogen-bond acceptors (Lipinski definition) is 3. The first-order valence-electron chi connectivity index (χ1n) is 8.60. The van der Waals surface area contributed by atoms with Crippen molar-refractivity contribution in [2.45, 2.75) is 37.6 Å². The number of hydrogen-bond donors (Lipinski definition) is 1. The molecule has 0 aromatic heterocycles. The molecule has 25 heavy (non-hydrogen) atoms. The molecule has 2 unspecified atom stereocenters. The molecule has 138 valence electrons. The van der Waals surface area contributed by atoms with E-state index in [2.05, 4.69) is 4.90 Å². The van der Waals surface area contributed by atoms with Crippen molar-refractivity contribution in [2.75, 3.05) is 26.7 Å². The number of carbonyl (C=O) groups is 1. The SMILES string of the molecule is CN1CCC(C(=O)N2CC(O)CC2c2cccc(C(F)(F)F)c2)CC1. The number of nitrogens with zero attached hydrogens (tertiary/aromatic N) is 2. The van der Waals surface area contributed by atoms with Gasteiger partial charge in [0.2, 0.25) is 5.91 Å². The Labute approximate surface area is 145 Å². The molecule has 2 aliphatic heterocycles. The third kappa shape index (κ3) is 3.98. The van der Waals surface area contributed by atoms with Gasteiger partial charge in [-0.25, -0.2) is 0 Å². The van der Waals surface area contributed by atoms with Crippen LogP contribution in [-0.4, -0.2) is 53.6 Å². The van der Waals surface area contributed by atoms with Gasteiger partial charge in [0.25, 0.3) is 0 Å². The van der Waals surface area contributed by atoms with E-state index in [0.717, 1.165) is 38.1 Å². The molecule has 7 heteroatoms. The van der Waals surface area contributed by atoms with Crippen LogP contribution in [0.5, 0.6) is 0 Å². The van der Waals surface area contributed by atoms with Gasteiger partial charge in [-0.15, -0.1) is 0 Å². The van der Waals surface area contributed by atoms with E-state index in [0.29, 0.717) is 5.56 Å². The fourth-order valence-electron chi connectivity index (χ4n) is 3.79.